The molecule has 1 amide bonds. The summed E-state index contributed by atoms with van der Waals surface area (Å²) in [6, 6.07) is 7.41. The van der Waals surface area contributed by atoms with Gasteiger partial charge in [-0.05, 0) is 25.5 Å². The molecule has 0 aliphatic heterocycles. The molecule has 1 N–H and O–H groups in total. The van der Waals surface area contributed by atoms with Gasteiger partial charge in [0, 0.05) is 11.8 Å². The molecule has 16 heavy (non-hydrogen) atoms. The van der Waals surface area contributed by atoms with Crippen LogP contribution >= 0.6 is 15.9 Å². The van der Waals surface area contributed by atoms with E-state index < -0.39 is 0 Å². The number of hydrogen-bond donors (Lipinski definition) is 1. The Hall–Kier alpha value is -1.03. The summed E-state index contributed by atoms with van der Waals surface area (Å²) in [5, 5.41) is 3.05. The minimum absolute atomic E-state index is 0.0688. The highest BCUT2D eigenvalue weighted by Crippen LogP contribution is 2.19. The molecule has 0 saturated carbocycles. The first kappa shape index (κ1) is 13.0. The number of anilines is 1. The lowest BCUT2D eigenvalue weighted by Gasteiger charge is -2.13. The number of carbonyl (C=O) groups excluding carboxylic acids is 1. The second-order valence-corrected chi connectivity index (χ2v) is 4.11. The molecule has 88 valence electrons. The number of amides is 1. The van der Waals surface area contributed by atoms with E-state index in [2.05, 4.69) is 28.2 Å². The highest BCUT2D eigenvalue weighted by atomic mass is 79.9. The Labute approximate surface area is 104 Å². The molecular formula is C12H16BrNO2. The number of carbonyl (C=O) groups is 1. The number of nitrogens with one attached hydrogen (secondary N) is 1. The van der Waals surface area contributed by atoms with Crippen LogP contribution in [0.4, 0.5) is 5.69 Å². The van der Waals surface area contributed by atoms with Crippen molar-refractivity contribution < 1.29 is 9.53 Å². The first-order valence-corrected chi connectivity index (χ1v) is 6.40. The van der Waals surface area contributed by atoms with Crippen LogP contribution in [0.1, 0.15) is 20.3 Å². The zero-order chi connectivity index (χ0) is 12.0. The summed E-state index contributed by atoms with van der Waals surface area (Å²) in [5.41, 5.74) is 0.755. The molecule has 1 rings (SSSR count). The summed E-state index contributed by atoms with van der Waals surface area (Å²) in [6.07, 6.45) is 1.14. The molecule has 0 aliphatic rings. The standard InChI is InChI=1S/C12H16BrNO2/c1-3-9(2)16-11-6-4-5-10(7-11)14-12(15)8-13/h4-7,9H,3,8H2,1-2H3,(H,14,15). The Morgan fingerprint density at radius 3 is 2.94 bits per heavy atom. The van der Waals surface area contributed by atoms with Gasteiger partial charge in [0.25, 0.3) is 0 Å². The van der Waals surface area contributed by atoms with Gasteiger partial charge in [-0.2, -0.15) is 0 Å². The van der Waals surface area contributed by atoms with Crippen LogP contribution in [0.15, 0.2) is 24.3 Å². The van der Waals surface area contributed by atoms with Crippen molar-refractivity contribution in [2.75, 3.05) is 10.6 Å². The quantitative estimate of drug-likeness (QED) is 0.844. The summed E-state index contributed by atoms with van der Waals surface area (Å²) in [7, 11) is 0. The first-order chi connectivity index (χ1) is 7.65. The van der Waals surface area contributed by atoms with Crippen LogP contribution < -0.4 is 10.1 Å². The molecule has 1 atom stereocenters. The SMILES string of the molecule is CCC(C)Oc1cccc(NC(=O)CBr)c1. The van der Waals surface area contributed by atoms with Gasteiger partial charge in [-0.3, -0.25) is 4.79 Å². The number of rotatable bonds is 5. The average Bonchev–Trinajstić information content (AvgIpc) is 2.29. The predicted molar refractivity (Wildman–Crippen MR) is 69.2 cm³/mol. The maximum Gasteiger partial charge on any atom is 0.235 e. The molecular weight excluding hydrogens is 270 g/mol. The van der Waals surface area contributed by atoms with Gasteiger partial charge in [-0.15, -0.1) is 0 Å². The van der Waals surface area contributed by atoms with Crippen molar-refractivity contribution in [3.8, 4) is 5.75 Å². The largest absolute Gasteiger partial charge is 0.491 e. The molecule has 1 aromatic rings. The molecule has 0 radical (unpaired) electrons. The van der Waals surface area contributed by atoms with Gasteiger partial charge in [0.15, 0.2) is 0 Å². The van der Waals surface area contributed by atoms with Crippen LogP contribution in [0.3, 0.4) is 0 Å². The molecule has 1 unspecified atom stereocenters. The van der Waals surface area contributed by atoms with Crippen LogP contribution in [0.2, 0.25) is 0 Å². The monoisotopic (exact) mass is 285 g/mol. The predicted octanol–water partition coefficient (Wildman–Crippen LogP) is 3.20. The second kappa shape index (κ2) is 6.53. The van der Waals surface area contributed by atoms with E-state index >= 15 is 0 Å². The van der Waals surface area contributed by atoms with E-state index in [0.29, 0.717) is 5.33 Å². The van der Waals surface area contributed by atoms with Crippen molar-refractivity contribution in [3.63, 3.8) is 0 Å². The lowest BCUT2D eigenvalue weighted by atomic mass is 10.2. The molecule has 0 fully saturated rings. The van der Waals surface area contributed by atoms with Crippen molar-refractivity contribution in [2.45, 2.75) is 26.4 Å². The molecule has 0 saturated heterocycles. The maximum absolute atomic E-state index is 11.2. The number of ether oxygens (including phenoxy) is 1. The molecule has 0 aliphatic carbocycles. The molecule has 1 aromatic carbocycles. The second-order valence-electron chi connectivity index (χ2n) is 3.55. The number of halogens is 1. The van der Waals surface area contributed by atoms with E-state index in [1.54, 1.807) is 0 Å². The lowest BCUT2D eigenvalue weighted by molar-refractivity contribution is -0.113. The normalized spacial score (nSPS) is 11.9. The van der Waals surface area contributed by atoms with E-state index in [1.807, 2.05) is 31.2 Å². The number of benzene rings is 1. The van der Waals surface area contributed by atoms with Gasteiger partial charge in [0.1, 0.15) is 5.75 Å². The zero-order valence-electron chi connectivity index (χ0n) is 9.50. The van der Waals surface area contributed by atoms with Gasteiger partial charge in [-0.1, -0.05) is 28.9 Å². The van der Waals surface area contributed by atoms with Crippen molar-refractivity contribution in [1.29, 1.82) is 0 Å². The Balaban J connectivity index is 2.67. The van der Waals surface area contributed by atoms with Gasteiger partial charge < -0.3 is 10.1 Å². The maximum atomic E-state index is 11.2. The van der Waals surface area contributed by atoms with E-state index in [4.69, 9.17) is 4.74 Å². The smallest absolute Gasteiger partial charge is 0.235 e. The van der Waals surface area contributed by atoms with E-state index in [-0.39, 0.29) is 12.0 Å². The summed E-state index contributed by atoms with van der Waals surface area (Å²) in [6.45, 7) is 4.09. The molecule has 0 bridgehead atoms. The minimum atomic E-state index is -0.0688. The molecule has 0 aromatic heterocycles. The molecule has 0 heterocycles. The Kier molecular flexibility index (Phi) is 5.32. The van der Waals surface area contributed by atoms with E-state index in [1.165, 1.54) is 0 Å². The Morgan fingerprint density at radius 2 is 2.31 bits per heavy atom. The van der Waals surface area contributed by atoms with Gasteiger partial charge in [0.2, 0.25) is 5.91 Å². The molecule has 4 heteroatoms. The highest BCUT2D eigenvalue weighted by Gasteiger charge is 2.03. The van der Waals surface area contributed by atoms with Crippen LogP contribution in [-0.2, 0) is 4.79 Å². The van der Waals surface area contributed by atoms with Crippen LogP contribution in [-0.4, -0.2) is 17.3 Å². The van der Waals surface area contributed by atoms with Crippen LogP contribution in [0, 0.1) is 0 Å². The summed E-state index contributed by atoms with van der Waals surface area (Å²) in [4.78, 5) is 11.2. The van der Waals surface area contributed by atoms with Crippen molar-refractivity contribution in [2.24, 2.45) is 0 Å². The zero-order valence-corrected chi connectivity index (χ0v) is 11.1. The molecule has 0 spiro atoms. The fraction of sp³-hybridized carbons (Fsp3) is 0.417. The van der Waals surface area contributed by atoms with E-state index in [0.717, 1.165) is 17.9 Å². The fourth-order valence-corrected chi connectivity index (χ4v) is 1.30. The lowest BCUT2D eigenvalue weighted by Crippen LogP contribution is -2.13. The number of alkyl halides is 1. The third-order valence-electron chi connectivity index (χ3n) is 2.15. The summed E-state index contributed by atoms with van der Waals surface area (Å²) >= 11 is 3.10. The van der Waals surface area contributed by atoms with Gasteiger partial charge >= 0.3 is 0 Å². The van der Waals surface area contributed by atoms with Crippen LogP contribution in [0.25, 0.3) is 0 Å². The van der Waals surface area contributed by atoms with Gasteiger partial charge in [0.05, 0.1) is 11.4 Å². The third kappa shape index (κ3) is 4.23. The van der Waals surface area contributed by atoms with Crippen LogP contribution in [0.5, 0.6) is 5.75 Å². The fourth-order valence-electron chi connectivity index (χ4n) is 1.16. The van der Waals surface area contributed by atoms with E-state index in [9.17, 15) is 4.79 Å². The van der Waals surface area contributed by atoms with Crippen molar-refractivity contribution in [3.05, 3.63) is 24.3 Å². The third-order valence-corrected chi connectivity index (χ3v) is 2.66. The van der Waals surface area contributed by atoms with Crippen molar-refractivity contribution >= 4 is 27.5 Å². The number of hydrogen-bond acceptors (Lipinski definition) is 2. The Bertz CT molecular complexity index is 355. The summed E-state index contributed by atoms with van der Waals surface area (Å²) < 4.78 is 5.66. The first-order valence-electron chi connectivity index (χ1n) is 5.28. The topological polar surface area (TPSA) is 38.3 Å². The van der Waals surface area contributed by atoms with Crippen molar-refractivity contribution in [1.82, 2.24) is 0 Å². The summed E-state index contributed by atoms with van der Waals surface area (Å²) in [5.74, 6) is 0.711. The Morgan fingerprint density at radius 1 is 1.56 bits per heavy atom. The van der Waals surface area contributed by atoms with Gasteiger partial charge in [-0.25, -0.2) is 0 Å². The highest BCUT2D eigenvalue weighted by molar-refractivity contribution is 9.09. The average molecular weight is 286 g/mol. The molecule has 3 nitrogen and oxygen atoms in total. The minimum Gasteiger partial charge on any atom is -0.491 e.